The number of thiophene rings is 1. The third-order valence-electron chi connectivity index (χ3n) is 12.0. The minimum atomic E-state index is 0.716. The van der Waals surface area contributed by atoms with Gasteiger partial charge in [0, 0.05) is 26.6 Å². The second-order valence-corrected chi connectivity index (χ2v) is 16.7. The molecule has 61 heavy (non-hydrogen) atoms. The van der Waals surface area contributed by atoms with Gasteiger partial charge < -0.3 is 0 Å². The molecule has 0 fully saturated rings. The number of aromatic nitrogens is 2. The van der Waals surface area contributed by atoms with Crippen molar-refractivity contribution in [3.8, 4) is 67.2 Å². The minimum Gasteiger partial charge on any atom is -0.226 e. The van der Waals surface area contributed by atoms with E-state index in [1.165, 1.54) is 70.2 Å². The molecule has 10 aromatic carbocycles. The maximum Gasteiger partial charge on any atom is 0.160 e. The molecule has 0 bridgehead atoms. The molecule has 12 rings (SSSR count). The average Bonchev–Trinajstić information content (AvgIpc) is 3.74. The van der Waals surface area contributed by atoms with E-state index in [2.05, 4.69) is 218 Å². The Kier molecular flexibility index (Phi) is 8.39. The lowest BCUT2D eigenvalue weighted by Crippen LogP contribution is -1.95. The molecule has 0 atom stereocenters. The van der Waals surface area contributed by atoms with Crippen LogP contribution in [0.4, 0.5) is 0 Å². The predicted octanol–water partition coefficient (Wildman–Crippen LogP) is 16.3. The lowest BCUT2D eigenvalue weighted by Gasteiger charge is -2.13. The number of fused-ring (bicyclic) bond motifs is 9. The Labute approximate surface area is 357 Å². The molecule has 0 radical (unpaired) electrons. The van der Waals surface area contributed by atoms with Crippen molar-refractivity contribution in [2.45, 2.75) is 0 Å². The summed E-state index contributed by atoms with van der Waals surface area (Å²) in [6.45, 7) is 0. The molecule has 2 nitrogen and oxygen atoms in total. The molecule has 12 aromatic rings. The lowest BCUT2D eigenvalue weighted by molar-refractivity contribution is 1.24. The number of nitrogens with zero attached hydrogens (tertiary/aromatic N) is 2. The fourth-order valence-electron chi connectivity index (χ4n) is 9.12. The van der Waals surface area contributed by atoms with Crippen molar-refractivity contribution < 1.29 is 0 Å². The number of hydrogen-bond acceptors (Lipinski definition) is 3. The predicted molar refractivity (Wildman–Crippen MR) is 260 cm³/mol. The maximum atomic E-state index is 5.53. The second kappa shape index (κ2) is 14.5. The van der Waals surface area contributed by atoms with Gasteiger partial charge in [-0.05, 0) is 102 Å². The van der Waals surface area contributed by atoms with Gasteiger partial charge in [-0.15, -0.1) is 11.3 Å². The van der Waals surface area contributed by atoms with Crippen LogP contribution in [0.3, 0.4) is 0 Å². The molecule has 0 N–H and O–H groups in total. The fourth-order valence-corrected chi connectivity index (χ4v) is 10.4. The van der Waals surface area contributed by atoms with E-state index in [0.29, 0.717) is 5.82 Å². The summed E-state index contributed by atoms with van der Waals surface area (Å²) in [5, 5.41) is 8.53. The Balaban J connectivity index is 1.05. The zero-order valence-corrected chi connectivity index (χ0v) is 33.9. The fraction of sp³-hybridized carbons (Fsp3) is 0. The largest absolute Gasteiger partial charge is 0.226 e. The van der Waals surface area contributed by atoms with Crippen molar-refractivity contribution in [2.24, 2.45) is 0 Å². The summed E-state index contributed by atoms with van der Waals surface area (Å²) in [5.41, 5.74) is 13.4. The normalized spacial score (nSPS) is 11.6. The van der Waals surface area contributed by atoms with Crippen LogP contribution in [0, 0.1) is 0 Å². The summed E-state index contributed by atoms with van der Waals surface area (Å²) in [4.78, 5) is 11.1. The van der Waals surface area contributed by atoms with Gasteiger partial charge in [0.25, 0.3) is 0 Å². The molecule has 0 amide bonds. The molecule has 2 aromatic heterocycles. The van der Waals surface area contributed by atoms with Gasteiger partial charge in [-0.2, -0.15) is 0 Å². The first-order valence-electron chi connectivity index (χ1n) is 20.7. The molecule has 0 aliphatic rings. The van der Waals surface area contributed by atoms with E-state index in [9.17, 15) is 0 Å². The Morgan fingerprint density at radius 1 is 0.295 bits per heavy atom. The van der Waals surface area contributed by atoms with Crippen LogP contribution in [0.5, 0.6) is 0 Å². The third-order valence-corrected chi connectivity index (χ3v) is 13.3. The Morgan fingerprint density at radius 3 is 1.41 bits per heavy atom. The average molecular weight is 793 g/mol. The first-order chi connectivity index (χ1) is 30.2. The van der Waals surface area contributed by atoms with E-state index in [-0.39, 0.29) is 0 Å². The summed E-state index contributed by atoms with van der Waals surface area (Å²) in [6, 6.07) is 78.6. The molecule has 0 saturated heterocycles. The van der Waals surface area contributed by atoms with Gasteiger partial charge in [-0.25, -0.2) is 9.97 Å². The van der Waals surface area contributed by atoms with Gasteiger partial charge in [0.2, 0.25) is 0 Å². The summed E-state index contributed by atoms with van der Waals surface area (Å²) < 4.78 is 2.35. The molecule has 3 heteroatoms. The van der Waals surface area contributed by atoms with E-state index in [1.807, 2.05) is 11.3 Å². The van der Waals surface area contributed by atoms with Crippen LogP contribution in [0.25, 0.3) is 120 Å². The van der Waals surface area contributed by atoms with Gasteiger partial charge >= 0.3 is 0 Å². The van der Waals surface area contributed by atoms with Crippen LogP contribution < -0.4 is 0 Å². The van der Waals surface area contributed by atoms with Crippen molar-refractivity contribution in [1.82, 2.24) is 9.97 Å². The van der Waals surface area contributed by atoms with Crippen LogP contribution in [0.15, 0.2) is 218 Å². The van der Waals surface area contributed by atoms with E-state index in [1.54, 1.807) is 0 Å². The summed E-state index contributed by atoms with van der Waals surface area (Å²) >= 11 is 1.81. The Bertz CT molecular complexity index is 3580. The summed E-state index contributed by atoms with van der Waals surface area (Å²) in [6.07, 6.45) is 0. The maximum absolute atomic E-state index is 5.53. The van der Waals surface area contributed by atoms with Crippen LogP contribution in [0.1, 0.15) is 0 Å². The third kappa shape index (κ3) is 6.09. The standard InChI is InChI=1S/C58H36N2S/c1-3-16-37(17-4-1)44-34-45(38-18-5-2-6-19-38)36-46(35-44)42-24-13-22-40(32-42)41-23-14-25-43(33-41)58-59-54(51-31-15-21-39-20-7-8-26-47(39)51)57-55(60-58)53-50-29-11-9-27-48(50)49-28-10-12-30-52(49)56(53)61-57/h1-36H. The molecule has 2 heterocycles. The zero-order chi connectivity index (χ0) is 40.3. The van der Waals surface area contributed by atoms with Gasteiger partial charge in [-0.1, -0.05) is 188 Å². The van der Waals surface area contributed by atoms with E-state index in [0.717, 1.165) is 43.7 Å². The van der Waals surface area contributed by atoms with Crippen molar-refractivity contribution in [3.05, 3.63) is 218 Å². The van der Waals surface area contributed by atoms with Crippen molar-refractivity contribution in [1.29, 1.82) is 0 Å². The zero-order valence-electron chi connectivity index (χ0n) is 33.1. The molecule has 0 spiro atoms. The van der Waals surface area contributed by atoms with Crippen LogP contribution in [-0.4, -0.2) is 9.97 Å². The highest BCUT2D eigenvalue weighted by atomic mass is 32.1. The number of rotatable bonds is 6. The molecule has 0 aliphatic carbocycles. The quantitative estimate of drug-likeness (QED) is 0.157. The summed E-state index contributed by atoms with van der Waals surface area (Å²) in [7, 11) is 0. The smallest absolute Gasteiger partial charge is 0.160 e. The first kappa shape index (κ1) is 35.2. The summed E-state index contributed by atoms with van der Waals surface area (Å²) in [5.74, 6) is 0.716. The van der Waals surface area contributed by atoms with Crippen LogP contribution >= 0.6 is 11.3 Å². The SMILES string of the molecule is c1ccc(-c2cc(-c3ccccc3)cc(-c3cccc(-c4cccc(-c5nc(-c6cccc7ccccc67)c6sc7c8ccccc8c8ccccc8c7c6n5)c4)c3)c2)cc1. The lowest BCUT2D eigenvalue weighted by atomic mass is 9.92. The highest BCUT2D eigenvalue weighted by Gasteiger charge is 2.22. The highest BCUT2D eigenvalue weighted by molar-refractivity contribution is 7.27. The van der Waals surface area contributed by atoms with E-state index < -0.39 is 0 Å². The Hall–Kier alpha value is -7.72. The monoisotopic (exact) mass is 792 g/mol. The molecular formula is C58H36N2S. The molecule has 0 aliphatic heterocycles. The van der Waals surface area contributed by atoms with Crippen molar-refractivity contribution >= 4 is 64.0 Å². The van der Waals surface area contributed by atoms with Crippen molar-refractivity contribution in [3.63, 3.8) is 0 Å². The highest BCUT2D eigenvalue weighted by Crippen LogP contribution is 2.47. The topological polar surface area (TPSA) is 25.8 Å². The Morgan fingerprint density at radius 2 is 0.738 bits per heavy atom. The minimum absolute atomic E-state index is 0.716. The number of hydrogen-bond donors (Lipinski definition) is 0. The molecule has 0 unspecified atom stereocenters. The van der Waals surface area contributed by atoms with Gasteiger partial charge in [0.15, 0.2) is 5.82 Å². The van der Waals surface area contributed by atoms with E-state index in [4.69, 9.17) is 9.97 Å². The molecular weight excluding hydrogens is 757 g/mol. The van der Waals surface area contributed by atoms with E-state index >= 15 is 0 Å². The van der Waals surface area contributed by atoms with Crippen molar-refractivity contribution in [2.75, 3.05) is 0 Å². The first-order valence-corrected chi connectivity index (χ1v) is 21.5. The van der Waals surface area contributed by atoms with Gasteiger partial charge in [0.1, 0.15) is 0 Å². The number of benzene rings is 10. The van der Waals surface area contributed by atoms with Gasteiger partial charge in [0.05, 0.1) is 15.9 Å². The van der Waals surface area contributed by atoms with Gasteiger partial charge in [-0.3, -0.25) is 0 Å². The molecule has 0 saturated carbocycles. The van der Waals surface area contributed by atoms with Crippen LogP contribution in [-0.2, 0) is 0 Å². The molecule has 284 valence electrons. The van der Waals surface area contributed by atoms with Crippen LogP contribution in [0.2, 0.25) is 0 Å². The second-order valence-electron chi connectivity index (χ2n) is 15.7.